The number of carboxylic acids is 1. The normalized spacial score (nSPS) is 16.2. The van der Waals surface area contributed by atoms with Gasteiger partial charge in [-0.05, 0) is 19.8 Å². The quantitative estimate of drug-likeness (QED) is 0.779. The number of nitrogens with one attached hydrogen (secondary N) is 1. The second kappa shape index (κ2) is 5.64. The number of rotatable bonds is 4. The van der Waals surface area contributed by atoms with Crippen LogP contribution in [0.3, 0.4) is 0 Å². The van der Waals surface area contributed by atoms with Crippen LogP contribution in [0.5, 0.6) is 0 Å². The Labute approximate surface area is 110 Å². The number of carbonyl (C=O) groups is 2. The van der Waals surface area contributed by atoms with Crippen molar-refractivity contribution in [2.24, 2.45) is 5.92 Å². The van der Waals surface area contributed by atoms with Crippen LogP contribution in [-0.2, 0) is 9.59 Å². The highest BCUT2D eigenvalue weighted by Crippen LogP contribution is 2.25. The van der Waals surface area contributed by atoms with Crippen molar-refractivity contribution in [2.75, 3.05) is 23.3 Å². The van der Waals surface area contributed by atoms with E-state index in [0.29, 0.717) is 11.5 Å². The number of carbonyl (C=O) groups excluding carboxylic acids is 1. The zero-order valence-corrected chi connectivity index (χ0v) is 10.7. The molecule has 0 bridgehead atoms. The highest BCUT2D eigenvalue weighted by atomic mass is 16.4. The molecule has 1 unspecified atom stereocenters. The molecule has 0 spiro atoms. The Hall–Kier alpha value is -2.18. The van der Waals surface area contributed by atoms with E-state index in [0.717, 1.165) is 25.9 Å². The molecule has 1 aliphatic heterocycles. The average molecular weight is 264 g/mol. The molecule has 1 amide bonds. The minimum Gasteiger partial charge on any atom is -0.481 e. The molecule has 1 saturated heterocycles. The first-order valence-electron chi connectivity index (χ1n) is 6.18. The number of hydrogen-bond acceptors (Lipinski definition) is 5. The Bertz CT molecular complexity index is 486. The van der Waals surface area contributed by atoms with Crippen LogP contribution in [0.4, 0.5) is 11.5 Å². The molecule has 7 nitrogen and oxygen atoms in total. The average Bonchev–Trinajstić information content (AvgIpc) is 2.92. The Balaban J connectivity index is 2.16. The summed E-state index contributed by atoms with van der Waals surface area (Å²) in [5.41, 5.74) is 0.461. The van der Waals surface area contributed by atoms with Gasteiger partial charge in [-0.1, -0.05) is 0 Å². The minimum absolute atomic E-state index is 0.461. The molecular formula is C12H16N4O3. The summed E-state index contributed by atoms with van der Waals surface area (Å²) in [6.07, 6.45) is 5.09. The van der Waals surface area contributed by atoms with Crippen molar-refractivity contribution >= 4 is 23.4 Å². The lowest BCUT2D eigenvalue weighted by atomic mass is 10.1. The van der Waals surface area contributed by atoms with Gasteiger partial charge in [-0.3, -0.25) is 9.59 Å². The Kier molecular flexibility index (Phi) is 3.94. The van der Waals surface area contributed by atoms with Crippen molar-refractivity contribution < 1.29 is 14.7 Å². The van der Waals surface area contributed by atoms with Crippen LogP contribution in [0.25, 0.3) is 0 Å². The summed E-state index contributed by atoms with van der Waals surface area (Å²) < 4.78 is 0. The molecule has 0 saturated carbocycles. The van der Waals surface area contributed by atoms with Gasteiger partial charge >= 0.3 is 5.97 Å². The predicted molar refractivity (Wildman–Crippen MR) is 68.9 cm³/mol. The maximum absolute atomic E-state index is 11.8. The van der Waals surface area contributed by atoms with Crippen molar-refractivity contribution in [1.29, 1.82) is 0 Å². The second-order valence-corrected chi connectivity index (χ2v) is 4.50. The Morgan fingerprint density at radius 2 is 2.11 bits per heavy atom. The van der Waals surface area contributed by atoms with E-state index in [4.69, 9.17) is 5.11 Å². The molecule has 1 aliphatic rings. The molecule has 2 N–H and O–H groups in total. The van der Waals surface area contributed by atoms with Crippen LogP contribution in [0.1, 0.15) is 19.8 Å². The lowest BCUT2D eigenvalue weighted by molar-refractivity contribution is -0.144. The zero-order chi connectivity index (χ0) is 13.8. The van der Waals surface area contributed by atoms with Gasteiger partial charge in [-0.25, -0.2) is 9.97 Å². The van der Waals surface area contributed by atoms with Gasteiger partial charge in [0, 0.05) is 13.1 Å². The SMILES string of the molecule is CC(C(=O)O)C(=O)Nc1cncnc1N1CCCC1. The number of nitrogens with zero attached hydrogens (tertiary/aromatic N) is 3. The zero-order valence-electron chi connectivity index (χ0n) is 10.7. The number of aliphatic carboxylic acids is 1. The molecule has 1 aromatic heterocycles. The number of anilines is 2. The van der Waals surface area contributed by atoms with Gasteiger partial charge in [-0.15, -0.1) is 0 Å². The number of carboxylic acid groups (broad SMARTS) is 1. The molecule has 1 fully saturated rings. The lowest BCUT2D eigenvalue weighted by Crippen LogP contribution is -2.28. The van der Waals surface area contributed by atoms with Gasteiger partial charge in [0.1, 0.15) is 17.9 Å². The van der Waals surface area contributed by atoms with Crippen molar-refractivity contribution in [2.45, 2.75) is 19.8 Å². The third-order valence-electron chi connectivity index (χ3n) is 3.12. The first-order chi connectivity index (χ1) is 9.09. The highest BCUT2D eigenvalue weighted by molar-refractivity contribution is 6.04. The predicted octanol–water partition coefficient (Wildman–Crippen LogP) is 0.736. The molecule has 1 atom stereocenters. The fourth-order valence-corrected chi connectivity index (χ4v) is 1.95. The van der Waals surface area contributed by atoms with Crippen molar-refractivity contribution in [3.05, 3.63) is 12.5 Å². The Morgan fingerprint density at radius 1 is 1.42 bits per heavy atom. The number of hydrogen-bond donors (Lipinski definition) is 2. The van der Waals surface area contributed by atoms with Crippen molar-refractivity contribution in [3.8, 4) is 0 Å². The number of amides is 1. The van der Waals surface area contributed by atoms with E-state index in [1.54, 1.807) is 0 Å². The van der Waals surface area contributed by atoms with Gasteiger partial charge < -0.3 is 15.3 Å². The van der Waals surface area contributed by atoms with E-state index >= 15 is 0 Å². The third-order valence-corrected chi connectivity index (χ3v) is 3.12. The lowest BCUT2D eigenvalue weighted by Gasteiger charge is -2.19. The van der Waals surface area contributed by atoms with Gasteiger partial charge in [-0.2, -0.15) is 0 Å². The molecule has 1 aromatic rings. The highest BCUT2D eigenvalue weighted by Gasteiger charge is 2.23. The van der Waals surface area contributed by atoms with Crippen LogP contribution < -0.4 is 10.2 Å². The molecule has 2 heterocycles. The van der Waals surface area contributed by atoms with E-state index in [-0.39, 0.29) is 0 Å². The summed E-state index contributed by atoms with van der Waals surface area (Å²) in [5, 5.41) is 11.4. The molecule has 0 aliphatic carbocycles. The molecule has 19 heavy (non-hydrogen) atoms. The first kappa shape index (κ1) is 13.3. The smallest absolute Gasteiger partial charge is 0.315 e. The largest absolute Gasteiger partial charge is 0.481 e. The first-order valence-corrected chi connectivity index (χ1v) is 6.18. The van der Waals surface area contributed by atoms with Crippen LogP contribution in [0.2, 0.25) is 0 Å². The molecule has 2 rings (SSSR count). The van der Waals surface area contributed by atoms with Crippen LogP contribution in [-0.4, -0.2) is 40.0 Å². The second-order valence-electron chi connectivity index (χ2n) is 4.50. The summed E-state index contributed by atoms with van der Waals surface area (Å²) in [5.74, 6) is -2.18. The maximum Gasteiger partial charge on any atom is 0.315 e. The van der Waals surface area contributed by atoms with Crippen LogP contribution >= 0.6 is 0 Å². The van der Waals surface area contributed by atoms with E-state index in [9.17, 15) is 9.59 Å². The molecular weight excluding hydrogens is 248 g/mol. The van der Waals surface area contributed by atoms with Gasteiger partial charge in [0.15, 0.2) is 5.82 Å². The maximum atomic E-state index is 11.8. The monoisotopic (exact) mass is 264 g/mol. The topological polar surface area (TPSA) is 95.4 Å². The van der Waals surface area contributed by atoms with Gasteiger partial charge in [0.2, 0.25) is 5.91 Å². The van der Waals surface area contributed by atoms with E-state index in [1.807, 2.05) is 0 Å². The molecule has 0 aromatic carbocycles. The number of aromatic nitrogens is 2. The Morgan fingerprint density at radius 3 is 2.74 bits per heavy atom. The fraction of sp³-hybridized carbons (Fsp3) is 0.500. The van der Waals surface area contributed by atoms with E-state index in [2.05, 4.69) is 20.2 Å². The summed E-state index contributed by atoms with van der Waals surface area (Å²) in [7, 11) is 0. The standard InChI is InChI=1S/C12H16N4O3/c1-8(12(18)19)11(17)15-9-6-13-7-14-10(9)16-4-2-3-5-16/h6-8H,2-5H2,1H3,(H,15,17)(H,18,19). The van der Waals surface area contributed by atoms with Crippen LogP contribution in [0, 0.1) is 5.92 Å². The fourth-order valence-electron chi connectivity index (χ4n) is 1.95. The summed E-state index contributed by atoms with van der Waals surface area (Å²) in [6.45, 7) is 3.11. The summed E-state index contributed by atoms with van der Waals surface area (Å²) in [6, 6.07) is 0. The molecule has 102 valence electrons. The van der Waals surface area contributed by atoms with Gasteiger partial charge in [0.25, 0.3) is 0 Å². The third kappa shape index (κ3) is 2.98. The minimum atomic E-state index is -1.16. The van der Waals surface area contributed by atoms with E-state index < -0.39 is 17.8 Å². The van der Waals surface area contributed by atoms with Crippen molar-refractivity contribution in [3.63, 3.8) is 0 Å². The van der Waals surface area contributed by atoms with Gasteiger partial charge in [0.05, 0.1) is 6.20 Å². The summed E-state index contributed by atoms with van der Waals surface area (Å²) >= 11 is 0. The van der Waals surface area contributed by atoms with E-state index in [1.165, 1.54) is 19.4 Å². The molecule has 7 heteroatoms. The van der Waals surface area contributed by atoms with Crippen molar-refractivity contribution in [1.82, 2.24) is 9.97 Å². The van der Waals surface area contributed by atoms with Crippen LogP contribution in [0.15, 0.2) is 12.5 Å². The summed E-state index contributed by atoms with van der Waals surface area (Å²) in [4.78, 5) is 32.6. The molecule has 0 radical (unpaired) electrons.